The van der Waals surface area contributed by atoms with Gasteiger partial charge < -0.3 is 15.0 Å². The molecule has 0 saturated heterocycles. The smallest absolute Gasteiger partial charge is 0.255 e. The number of hydrogen-bond acceptors (Lipinski definition) is 3. The molecule has 5 nitrogen and oxygen atoms in total. The first-order chi connectivity index (χ1) is 11.5. The normalized spacial score (nSPS) is 13.8. The molecule has 3 rings (SSSR count). The van der Waals surface area contributed by atoms with Gasteiger partial charge in [-0.05, 0) is 43.7 Å². The fraction of sp³-hybridized carbons (Fsp3) is 0.263. The monoisotopic (exact) mass is 324 g/mol. The van der Waals surface area contributed by atoms with Crippen LogP contribution in [0.2, 0.25) is 0 Å². The number of rotatable bonds is 2. The minimum absolute atomic E-state index is 0.0271. The number of benzene rings is 2. The second-order valence-electron chi connectivity index (χ2n) is 6.01. The molecule has 2 amide bonds. The third kappa shape index (κ3) is 3.11. The highest BCUT2D eigenvalue weighted by atomic mass is 16.5. The third-order valence-corrected chi connectivity index (χ3v) is 4.16. The summed E-state index contributed by atoms with van der Waals surface area (Å²) in [6.45, 7) is 4.32. The average molecular weight is 324 g/mol. The lowest BCUT2D eigenvalue weighted by Gasteiger charge is -2.17. The first-order valence-electron chi connectivity index (χ1n) is 7.88. The molecular formula is C19H20N2O3. The number of nitrogens with zero attached hydrogens (tertiary/aromatic N) is 1. The topological polar surface area (TPSA) is 58.6 Å². The molecule has 2 aromatic rings. The highest BCUT2D eigenvalue weighted by Crippen LogP contribution is 2.31. The summed E-state index contributed by atoms with van der Waals surface area (Å²) in [4.78, 5) is 26.1. The van der Waals surface area contributed by atoms with Crippen LogP contribution in [0.25, 0.3) is 0 Å². The molecule has 0 bridgehead atoms. The molecule has 0 aliphatic carbocycles. The van der Waals surface area contributed by atoms with Crippen LogP contribution in [0.4, 0.5) is 11.4 Å². The first kappa shape index (κ1) is 16.1. The lowest BCUT2D eigenvalue weighted by Crippen LogP contribution is -2.25. The molecule has 5 heteroatoms. The van der Waals surface area contributed by atoms with E-state index in [1.165, 1.54) is 4.90 Å². The van der Waals surface area contributed by atoms with E-state index < -0.39 is 0 Å². The van der Waals surface area contributed by atoms with Gasteiger partial charge in [-0.25, -0.2) is 0 Å². The summed E-state index contributed by atoms with van der Waals surface area (Å²) in [5.74, 6) is 0.377. The van der Waals surface area contributed by atoms with Gasteiger partial charge in [0.05, 0.1) is 18.7 Å². The SMILES string of the molecule is Cc1ccc(NC(=O)c2ccc3c(c2)N(C)C(=O)CCO3)c(C)c1. The van der Waals surface area contributed by atoms with E-state index in [9.17, 15) is 9.59 Å². The Bertz CT molecular complexity index is 814. The van der Waals surface area contributed by atoms with E-state index in [0.29, 0.717) is 30.0 Å². The van der Waals surface area contributed by atoms with Gasteiger partial charge in [0.1, 0.15) is 5.75 Å². The largest absolute Gasteiger partial charge is 0.491 e. The Morgan fingerprint density at radius 3 is 2.71 bits per heavy atom. The molecule has 1 aliphatic heterocycles. The van der Waals surface area contributed by atoms with E-state index in [1.54, 1.807) is 25.2 Å². The number of carbonyl (C=O) groups is 2. The maximum atomic E-state index is 12.6. The zero-order valence-corrected chi connectivity index (χ0v) is 14.1. The molecule has 24 heavy (non-hydrogen) atoms. The number of carbonyl (C=O) groups excluding carboxylic acids is 2. The van der Waals surface area contributed by atoms with Gasteiger partial charge in [-0.15, -0.1) is 0 Å². The predicted molar refractivity (Wildman–Crippen MR) is 93.8 cm³/mol. The van der Waals surface area contributed by atoms with Crippen LogP contribution in [0.5, 0.6) is 5.75 Å². The van der Waals surface area contributed by atoms with Crippen molar-refractivity contribution >= 4 is 23.2 Å². The van der Waals surface area contributed by atoms with Crippen LogP contribution in [0.3, 0.4) is 0 Å². The molecule has 1 N–H and O–H groups in total. The fourth-order valence-electron chi connectivity index (χ4n) is 2.74. The van der Waals surface area contributed by atoms with Gasteiger partial charge in [-0.3, -0.25) is 9.59 Å². The van der Waals surface area contributed by atoms with E-state index >= 15 is 0 Å². The van der Waals surface area contributed by atoms with E-state index in [-0.39, 0.29) is 11.8 Å². The van der Waals surface area contributed by atoms with Crippen LogP contribution in [-0.4, -0.2) is 25.5 Å². The fourth-order valence-corrected chi connectivity index (χ4v) is 2.74. The third-order valence-electron chi connectivity index (χ3n) is 4.16. The van der Waals surface area contributed by atoms with Crippen molar-refractivity contribution in [3.05, 3.63) is 53.1 Å². The lowest BCUT2D eigenvalue weighted by atomic mass is 10.1. The average Bonchev–Trinajstić information content (AvgIpc) is 2.69. The van der Waals surface area contributed by atoms with Crippen molar-refractivity contribution in [3.8, 4) is 5.75 Å². The van der Waals surface area contributed by atoms with Crippen LogP contribution in [0.15, 0.2) is 36.4 Å². The number of aryl methyl sites for hydroxylation is 2. The van der Waals surface area contributed by atoms with Crippen molar-refractivity contribution in [2.24, 2.45) is 0 Å². The van der Waals surface area contributed by atoms with Gasteiger partial charge in [0.25, 0.3) is 5.91 Å². The van der Waals surface area contributed by atoms with E-state index in [0.717, 1.165) is 16.8 Å². The second-order valence-corrected chi connectivity index (χ2v) is 6.01. The Morgan fingerprint density at radius 2 is 1.96 bits per heavy atom. The number of hydrogen-bond donors (Lipinski definition) is 1. The number of ether oxygens (including phenoxy) is 1. The first-order valence-corrected chi connectivity index (χ1v) is 7.88. The summed E-state index contributed by atoms with van der Waals surface area (Å²) in [6, 6.07) is 11.0. The summed E-state index contributed by atoms with van der Waals surface area (Å²) < 4.78 is 5.58. The molecule has 2 aromatic carbocycles. The number of amides is 2. The Kier molecular flexibility index (Phi) is 4.25. The predicted octanol–water partition coefficient (Wildman–Crippen LogP) is 3.30. The number of anilines is 2. The molecule has 0 saturated carbocycles. The molecule has 0 aromatic heterocycles. The van der Waals surface area contributed by atoms with E-state index in [4.69, 9.17) is 4.74 Å². The van der Waals surface area contributed by atoms with Crippen molar-refractivity contribution in [2.75, 3.05) is 23.9 Å². The van der Waals surface area contributed by atoms with Crippen LogP contribution in [0, 0.1) is 13.8 Å². The Labute approximate surface area is 141 Å². The highest BCUT2D eigenvalue weighted by Gasteiger charge is 2.21. The Morgan fingerprint density at radius 1 is 1.17 bits per heavy atom. The van der Waals surface area contributed by atoms with Crippen molar-refractivity contribution in [2.45, 2.75) is 20.3 Å². The molecule has 0 spiro atoms. The number of nitrogens with one attached hydrogen (secondary N) is 1. The summed E-state index contributed by atoms with van der Waals surface area (Å²) in [6.07, 6.45) is 0.329. The van der Waals surface area contributed by atoms with E-state index in [2.05, 4.69) is 5.32 Å². The van der Waals surface area contributed by atoms with Crippen molar-refractivity contribution < 1.29 is 14.3 Å². The summed E-state index contributed by atoms with van der Waals surface area (Å²) in [5, 5.41) is 2.92. The Balaban J connectivity index is 1.88. The molecule has 0 radical (unpaired) electrons. The van der Waals surface area contributed by atoms with Gasteiger partial charge >= 0.3 is 0 Å². The van der Waals surface area contributed by atoms with E-state index in [1.807, 2.05) is 32.0 Å². The molecule has 124 valence electrons. The maximum absolute atomic E-state index is 12.6. The molecule has 0 unspecified atom stereocenters. The molecule has 0 atom stereocenters. The van der Waals surface area contributed by atoms with Gasteiger partial charge in [-0.1, -0.05) is 17.7 Å². The van der Waals surface area contributed by atoms with Crippen LogP contribution in [-0.2, 0) is 4.79 Å². The van der Waals surface area contributed by atoms with Crippen molar-refractivity contribution in [1.29, 1.82) is 0 Å². The molecule has 1 aliphatic rings. The molecular weight excluding hydrogens is 304 g/mol. The summed E-state index contributed by atoms with van der Waals surface area (Å²) in [7, 11) is 1.70. The van der Waals surface area contributed by atoms with Crippen molar-refractivity contribution in [1.82, 2.24) is 0 Å². The van der Waals surface area contributed by atoms with Crippen LogP contribution >= 0.6 is 0 Å². The quantitative estimate of drug-likeness (QED) is 0.922. The zero-order chi connectivity index (χ0) is 17.3. The van der Waals surface area contributed by atoms with Crippen molar-refractivity contribution in [3.63, 3.8) is 0 Å². The van der Waals surface area contributed by atoms with Gasteiger partial charge in [0.2, 0.25) is 5.91 Å². The lowest BCUT2D eigenvalue weighted by molar-refractivity contribution is -0.118. The maximum Gasteiger partial charge on any atom is 0.255 e. The molecule has 1 heterocycles. The summed E-state index contributed by atoms with van der Waals surface area (Å²) in [5.41, 5.74) is 4.03. The summed E-state index contributed by atoms with van der Waals surface area (Å²) >= 11 is 0. The second kappa shape index (κ2) is 6.35. The highest BCUT2D eigenvalue weighted by molar-refractivity contribution is 6.06. The van der Waals surface area contributed by atoms with Crippen LogP contribution in [0.1, 0.15) is 27.9 Å². The zero-order valence-electron chi connectivity index (χ0n) is 14.1. The Hall–Kier alpha value is -2.82. The van der Waals surface area contributed by atoms with Gasteiger partial charge in [0.15, 0.2) is 0 Å². The minimum Gasteiger partial charge on any atom is -0.491 e. The van der Waals surface area contributed by atoms with Crippen LogP contribution < -0.4 is 15.0 Å². The molecule has 0 fully saturated rings. The standard InChI is InChI=1S/C19H20N2O3/c1-12-4-6-15(13(2)10-12)20-19(23)14-5-7-17-16(11-14)21(3)18(22)8-9-24-17/h4-7,10-11H,8-9H2,1-3H3,(H,20,23). The van der Waals surface area contributed by atoms with Gasteiger partial charge in [-0.2, -0.15) is 0 Å². The van der Waals surface area contributed by atoms with Gasteiger partial charge in [0, 0.05) is 18.3 Å². The number of fused-ring (bicyclic) bond motifs is 1. The minimum atomic E-state index is -0.213.